The monoisotopic (exact) mass is 666 g/mol. The molecule has 1 saturated carbocycles. The van der Waals surface area contributed by atoms with E-state index in [1.165, 1.54) is 13.2 Å². The molecule has 4 aliphatic rings. The molecule has 0 unspecified atom stereocenters. The molecule has 260 valence electrons. The SMILES string of the molecule is COC(=O)N[C@H]1CCC[C@@H]1[C@](CN1CCC1)(c1cccc(F)c1)C1CCN(CC2(F)CN(c3ccc(C#N)c(CN(C)C)c3F)C2)CC1. The number of benzene rings is 2. The first-order valence-corrected chi connectivity index (χ1v) is 17.4. The van der Waals surface area contributed by atoms with E-state index < -0.39 is 17.6 Å². The van der Waals surface area contributed by atoms with Crippen molar-refractivity contribution in [3.8, 4) is 6.07 Å². The molecule has 1 aliphatic carbocycles. The van der Waals surface area contributed by atoms with Crippen molar-refractivity contribution in [2.24, 2.45) is 11.8 Å². The van der Waals surface area contributed by atoms with Gasteiger partial charge in [0.2, 0.25) is 0 Å². The summed E-state index contributed by atoms with van der Waals surface area (Å²) in [6.07, 6.45) is 5.15. The molecule has 6 rings (SSSR count). The van der Waals surface area contributed by atoms with Crippen LogP contribution in [-0.2, 0) is 16.7 Å². The Hall–Kier alpha value is -3.33. The second-order valence-electron chi connectivity index (χ2n) is 14.8. The van der Waals surface area contributed by atoms with Gasteiger partial charge in [0, 0.05) is 36.7 Å². The summed E-state index contributed by atoms with van der Waals surface area (Å²) >= 11 is 0. The van der Waals surface area contributed by atoms with E-state index in [-0.39, 0.29) is 48.7 Å². The average Bonchev–Trinajstić information content (AvgIpc) is 3.49. The molecule has 0 radical (unpaired) electrons. The Morgan fingerprint density at radius 1 is 1.06 bits per heavy atom. The van der Waals surface area contributed by atoms with Crippen LogP contribution in [0, 0.1) is 34.8 Å². The van der Waals surface area contributed by atoms with E-state index in [2.05, 4.69) is 27.3 Å². The van der Waals surface area contributed by atoms with E-state index in [0.717, 1.165) is 63.7 Å². The fourth-order valence-electron chi connectivity index (χ4n) is 9.08. The molecular weight excluding hydrogens is 617 g/mol. The number of rotatable bonds is 11. The van der Waals surface area contributed by atoms with Gasteiger partial charge in [-0.05, 0) is 114 Å². The molecule has 3 aliphatic heterocycles. The summed E-state index contributed by atoms with van der Waals surface area (Å²) in [7, 11) is 5.04. The predicted octanol–water partition coefficient (Wildman–Crippen LogP) is 5.31. The summed E-state index contributed by atoms with van der Waals surface area (Å²) in [6, 6.07) is 12.3. The maximum absolute atomic E-state index is 16.2. The van der Waals surface area contributed by atoms with Crippen molar-refractivity contribution in [3.63, 3.8) is 0 Å². The number of carbonyl (C=O) groups excluding carboxylic acids is 1. The van der Waals surface area contributed by atoms with Gasteiger partial charge in [-0.3, -0.25) is 4.90 Å². The third-order valence-electron chi connectivity index (χ3n) is 11.4. The highest BCUT2D eigenvalue weighted by Crippen LogP contribution is 2.51. The number of halogens is 3. The quantitative estimate of drug-likeness (QED) is 0.349. The van der Waals surface area contributed by atoms with Crippen molar-refractivity contribution >= 4 is 11.8 Å². The summed E-state index contributed by atoms with van der Waals surface area (Å²) in [5.41, 5.74) is 0.127. The van der Waals surface area contributed by atoms with Crippen LogP contribution in [0.5, 0.6) is 0 Å². The number of alkyl halides is 1. The highest BCUT2D eigenvalue weighted by atomic mass is 19.1. The van der Waals surface area contributed by atoms with Crippen molar-refractivity contribution in [3.05, 3.63) is 64.7 Å². The number of nitrogens with one attached hydrogen (secondary N) is 1. The number of ether oxygens (including phenoxy) is 1. The minimum Gasteiger partial charge on any atom is -0.453 e. The maximum atomic E-state index is 16.2. The van der Waals surface area contributed by atoms with E-state index in [1.54, 1.807) is 29.2 Å². The molecule has 1 N–H and O–H groups in total. The van der Waals surface area contributed by atoms with Gasteiger partial charge in [0.05, 0.1) is 37.5 Å². The van der Waals surface area contributed by atoms with E-state index in [1.807, 2.05) is 19.0 Å². The molecule has 1 amide bonds. The number of anilines is 1. The van der Waals surface area contributed by atoms with Crippen molar-refractivity contribution in [1.82, 2.24) is 20.0 Å². The Bertz CT molecular complexity index is 1500. The number of nitrogens with zero attached hydrogens (tertiary/aromatic N) is 5. The number of carbonyl (C=O) groups is 1. The number of piperidine rings is 1. The minimum atomic E-state index is -1.47. The van der Waals surface area contributed by atoms with Crippen LogP contribution in [0.2, 0.25) is 0 Å². The Labute approximate surface area is 282 Å². The Balaban J connectivity index is 1.18. The molecule has 3 saturated heterocycles. The summed E-state index contributed by atoms with van der Waals surface area (Å²) in [5.74, 6) is -0.372. The van der Waals surface area contributed by atoms with Gasteiger partial charge >= 0.3 is 6.09 Å². The van der Waals surface area contributed by atoms with Crippen LogP contribution in [0.15, 0.2) is 36.4 Å². The van der Waals surface area contributed by atoms with Crippen molar-refractivity contribution in [2.75, 3.05) is 78.5 Å². The van der Waals surface area contributed by atoms with Gasteiger partial charge in [0.1, 0.15) is 5.82 Å². The van der Waals surface area contributed by atoms with E-state index in [0.29, 0.717) is 36.4 Å². The fourth-order valence-corrected chi connectivity index (χ4v) is 9.08. The zero-order chi connectivity index (χ0) is 34.1. The third kappa shape index (κ3) is 6.89. The largest absolute Gasteiger partial charge is 0.453 e. The van der Waals surface area contributed by atoms with Crippen molar-refractivity contribution < 1.29 is 22.7 Å². The van der Waals surface area contributed by atoms with Gasteiger partial charge in [0.25, 0.3) is 0 Å². The number of likely N-dealkylation sites (tertiary alicyclic amines) is 2. The predicted molar refractivity (Wildman–Crippen MR) is 180 cm³/mol. The number of alkyl carbamates (subject to hydrolysis) is 1. The zero-order valence-electron chi connectivity index (χ0n) is 28.5. The lowest BCUT2D eigenvalue weighted by Gasteiger charge is -2.54. The number of methoxy groups -OCH3 is 1. The first-order valence-electron chi connectivity index (χ1n) is 17.4. The summed E-state index contributed by atoms with van der Waals surface area (Å²) in [5, 5.41) is 12.6. The molecule has 8 nitrogen and oxygen atoms in total. The fraction of sp³-hybridized carbons (Fsp3) is 0.622. The molecule has 0 spiro atoms. The van der Waals surface area contributed by atoms with Crippen LogP contribution >= 0.6 is 0 Å². The first-order chi connectivity index (χ1) is 23.0. The van der Waals surface area contributed by atoms with Crippen molar-refractivity contribution in [1.29, 1.82) is 5.26 Å². The molecule has 0 bridgehead atoms. The van der Waals surface area contributed by atoms with Crippen LogP contribution in [-0.4, -0.2) is 106 Å². The summed E-state index contributed by atoms with van der Waals surface area (Å²) in [4.78, 5) is 20.7. The smallest absolute Gasteiger partial charge is 0.407 e. The molecule has 2 aromatic carbocycles. The maximum Gasteiger partial charge on any atom is 0.407 e. The van der Waals surface area contributed by atoms with Gasteiger partial charge in [0.15, 0.2) is 11.5 Å². The summed E-state index contributed by atoms with van der Waals surface area (Å²) in [6.45, 7) is 5.02. The standard InChI is InChI=1S/C37H49F3N6O2/c1-43(2)21-30-26(20-41)11-12-33(34(30)39)46-23-36(40,24-46)22-45-17-13-27(14-18-45)37(25-44-15-6-16-44,28-7-4-8-29(38)19-28)31-9-5-10-32(31)42-35(47)48-3/h4,7-8,11-12,19,27,31-32H,5-6,9-10,13-18,21-25H2,1-3H3,(H,42,47)/t31-,32-,37-/m0/s1. The van der Waals surface area contributed by atoms with Crippen LogP contribution in [0.1, 0.15) is 55.2 Å². The Kier molecular flexibility index (Phi) is 10.3. The Morgan fingerprint density at radius 2 is 1.81 bits per heavy atom. The van der Waals surface area contributed by atoms with Crippen LogP contribution < -0.4 is 10.2 Å². The number of amides is 1. The van der Waals surface area contributed by atoms with E-state index in [4.69, 9.17) is 4.74 Å². The number of hydrogen-bond acceptors (Lipinski definition) is 7. The molecule has 2 aromatic rings. The first kappa shape index (κ1) is 34.5. The highest BCUT2D eigenvalue weighted by Gasteiger charge is 2.54. The van der Waals surface area contributed by atoms with Crippen molar-refractivity contribution in [2.45, 2.75) is 62.2 Å². The van der Waals surface area contributed by atoms with Crippen LogP contribution in [0.3, 0.4) is 0 Å². The minimum absolute atomic E-state index is 0.0732. The normalized spacial score (nSPS) is 24.4. The number of hydrogen-bond donors (Lipinski definition) is 1. The van der Waals surface area contributed by atoms with Gasteiger partial charge in [-0.2, -0.15) is 5.26 Å². The lowest BCUT2D eigenvalue weighted by Crippen LogP contribution is -2.65. The van der Waals surface area contributed by atoms with Crippen LogP contribution in [0.4, 0.5) is 23.7 Å². The molecule has 3 atom stereocenters. The topological polar surface area (TPSA) is 75.1 Å². The third-order valence-corrected chi connectivity index (χ3v) is 11.4. The highest BCUT2D eigenvalue weighted by molar-refractivity contribution is 5.67. The van der Waals surface area contributed by atoms with Gasteiger partial charge in [-0.25, -0.2) is 18.0 Å². The second kappa shape index (κ2) is 14.3. The van der Waals surface area contributed by atoms with Gasteiger partial charge in [-0.15, -0.1) is 0 Å². The van der Waals surface area contributed by atoms with Gasteiger partial charge in [-0.1, -0.05) is 18.6 Å². The molecule has 11 heteroatoms. The second-order valence-corrected chi connectivity index (χ2v) is 14.8. The van der Waals surface area contributed by atoms with E-state index in [9.17, 15) is 14.4 Å². The molecule has 4 fully saturated rings. The Morgan fingerprint density at radius 3 is 2.44 bits per heavy atom. The molecule has 3 heterocycles. The lowest BCUT2D eigenvalue weighted by atomic mass is 9.57. The number of nitriles is 1. The van der Waals surface area contributed by atoms with E-state index >= 15 is 8.78 Å². The molecule has 48 heavy (non-hydrogen) atoms. The zero-order valence-corrected chi connectivity index (χ0v) is 28.5. The average molecular weight is 667 g/mol. The van der Waals surface area contributed by atoms with Crippen LogP contribution in [0.25, 0.3) is 0 Å². The van der Waals surface area contributed by atoms with Gasteiger partial charge < -0.3 is 24.8 Å². The molecule has 0 aromatic heterocycles. The summed E-state index contributed by atoms with van der Waals surface area (Å²) < 4.78 is 51.6. The lowest BCUT2D eigenvalue weighted by molar-refractivity contribution is 0.00575. The molecular formula is C37H49F3N6O2.